The van der Waals surface area contributed by atoms with E-state index >= 15 is 0 Å². The highest BCUT2D eigenvalue weighted by molar-refractivity contribution is 7.89. The number of aromatic amines is 1. The number of aromatic nitrogens is 1. The fraction of sp³-hybridized carbons (Fsp3) is 0.583. The molecule has 1 aromatic rings. The van der Waals surface area contributed by atoms with Gasteiger partial charge in [-0.2, -0.15) is 0 Å². The summed E-state index contributed by atoms with van der Waals surface area (Å²) in [5, 5.41) is 8.75. The van der Waals surface area contributed by atoms with E-state index in [2.05, 4.69) is 21.5 Å². The normalized spacial score (nSPS) is 11.9. The number of rotatable bonds is 9. The molecule has 0 fully saturated rings. The number of hydrogen-bond donors (Lipinski definition) is 3. The smallest absolute Gasteiger partial charge is 0.352 e. The Morgan fingerprint density at radius 1 is 1.40 bits per heavy atom. The number of carboxylic acids is 1. The van der Waals surface area contributed by atoms with E-state index in [0.29, 0.717) is 13.1 Å². The van der Waals surface area contributed by atoms with Crippen LogP contribution in [0.1, 0.15) is 30.8 Å². The van der Waals surface area contributed by atoms with Gasteiger partial charge in [-0.25, -0.2) is 17.9 Å². The van der Waals surface area contributed by atoms with Gasteiger partial charge in [0.25, 0.3) is 0 Å². The second-order valence-electron chi connectivity index (χ2n) is 4.39. The van der Waals surface area contributed by atoms with Crippen LogP contribution >= 0.6 is 0 Å². The van der Waals surface area contributed by atoms with Crippen LogP contribution in [0, 0.1) is 0 Å². The lowest BCUT2D eigenvalue weighted by Crippen LogP contribution is -2.35. The lowest BCUT2D eigenvalue weighted by Gasteiger charge is -2.19. The zero-order valence-corrected chi connectivity index (χ0v) is 12.5. The first-order valence-corrected chi connectivity index (χ1v) is 8.02. The molecule has 0 amide bonds. The standard InChI is InChI=1S/C12H21N3O4S/c1-3-6-15(4-2)7-5-14-20(18,19)10-8-11(12(16)17)13-9-10/h8-9,13-14H,3-7H2,1-2H3,(H,16,17). The molecule has 114 valence electrons. The fourth-order valence-corrected chi connectivity index (χ4v) is 2.83. The summed E-state index contributed by atoms with van der Waals surface area (Å²) >= 11 is 0. The van der Waals surface area contributed by atoms with Gasteiger partial charge in [-0.05, 0) is 25.6 Å². The van der Waals surface area contributed by atoms with Gasteiger partial charge in [0.15, 0.2) is 0 Å². The van der Waals surface area contributed by atoms with Gasteiger partial charge >= 0.3 is 5.97 Å². The number of carbonyl (C=O) groups is 1. The van der Waals surface area contributed by atoms with Gasteiger partial charge in [-0.3, -0.25) is 0 Å². The third-order valence-electron chi connectivity index (χ3n) is 2.90. The van der Waals surface area contributed by atoms with Crippen molar-refractivity contribution in [1.29, 1.82) is 0 Å². The topological polar surface area (TPSA) is 103 Å². The predicted molar refractivity (Wildman–Crippen MR) is 75.3 cm³/mol. The monoisotopic (exact) mass is 303 g/mol. The Labute approximate surface area is 119 Å². The molecule has 7 nitrogen and oxygen atoms in total. The lowest BCUT2D eigenvalue weighted by molar-refractivity contribution is 0.0691. The molecule has 1 aromatic heterocycles. The molecule has 0 saturated carbocycles. The number of hydrogen-bond acceptors (Lipinski definition) is 4. The second kappa shape index (κ2) is 7.41. The number of aromatic carboxylic acids is 1. The Morgan fingerprint density at radius 3 is 2.60 bits per heavy atom. The molecular formula is C12H21N3O4S. The van der Waals surface area contributed by atoms with E-state index in [1.54, 1.807) is 0 Å². The van der Waals surface area contributed by atoms with Crippen molar-refractivity contribution in [3.8, 4) is 0 Å². The molecule has 0 aliphatic carbocycles. The molecule has 0 aliphatic heterocycles. The van der Waals surface area contributed by atoms with Crippen LogP contribution in [0.25, 0.3) is 0 Å². The Balaban J connectivity index is 2.58. The number of likely N-dealkylation sites (N-methyl/N-ethyl adjacent to an activating group) is 1. The minimum Gasteiger partial charge on any atom is -0.477 e. The molecule has 20 heavy (non-hydrogen) atoms. The number of nitrogens with zero attached hydrogens (tertiary/aromatic N) is 1. The minimum atomic E-state index is -3.66. The van der Waals surface area contributed by atoms with E-state index < -0.39 is 16.0 Å². The van der Waals surface area contributed by atoms with E-state index in [4.69, 9.17) is 5.11 Å². The first kappa shape index (κ1) is 16.7. The molecule has 0 unspecified atom stereocenters. The van der Waals surface area contributed by atoms with Crippen molar-refractivity contribution >= 4 is 16.0 Å². The van der Waals surface area contributed by atoms with Gasteiger partial charge in [0, 0.05) is 19.3 Å². The fourth-order valence-electron chi connectivity index (χ4n) is 1.82. The minimum absolute atomic E-state index is 0.0616. The Kier molecular flexibility index (Phi) is 6.18. The Bertz CT molecular complexity index is 539. The summed E-state index contributed by atoms with van der Waals surface area (Å²) in [5.74, 6) is -1.19. The highest BCUT2D eigenvalue weighted by Crippen LogP contribution is 2.10. The summed E-state index contributed by atoms with van der Waals surface area (Å²) in [7, 11) is -3.66. The summed E-state index contributed by atoms with van der Waals surface area (Å²) in [6.45, 7) is 6.80. The summed E-state index contributed by atoms with van der Waals surface area (Å²) in [6.07, 6.45) is 2.19. The first-order chi connectivity index (χ1) is 9.40. The molecule has 0 saturated heterocycles. The molecule has 0 spiro atoms. The highest BCUT2D eigenvalue weighted by Gasteiger charge is 2.17. The van der Waals surface area contributed by atoms with Crippen molar-refractivity contribution in [2.24, 2.45) is 0 Å². The van der Waals surface area contributed by atoms with Crippen LogP contribution in [0.4, 0.5) is 0 Å². The van der Waals surface area contributed by atoms with Gasteiger partial charge in [0.05, 0.1) is 0 Å². The van der Waals surface area contributed by atoms with Crippen molar-refractivity contribution in [2.45, 2.75) is 25.2 Å². The predicted octanol–water partition coefficient (Wildman–Crippen LogP) is 0.723. The van der Waals surface area contributed by atoms with Gasteiger partial charge in [0.2, 0.25) is 10.0 Å². The third kappa shape index (κ3) is 4.62. The zero-order chi connectivity index (χ0) is 15.2. The number of sulfonamides is 1. The van der Waals surface area contributed by atoms with Crippen molar-refractivity contribution in [1.82, 2.24) is 14.6 Å². The van der Waals surface area contributed by atoms with Crippen LogP contribution in [-0.2, 0) is 10.0 Å². The maximum atomic E-state index is 12.0. The second-order valence-corrected chi connectivity index (χ2v) is 6.15. The largest absolute Gasteiger partial charge is 0.477 e. The van der Waals surface area contributed by atoms with E-state index in [-0.39, 0.29) is 10.6 Å². The summed E-state index contributed by atoms with van der Waals surface area (Å²) in [4.78, 5) is 15.2. The number of H-pyrrole nitrogens is 1. The first-order valence-electron chi connectivity index (χ1n) is 6.54. The average molecular weight is 303 g/mol. The van der Waals surface area contributed by atoms with Crippen LogP contribution in [0.2, 0.25) is 0 Å². The van der Waals surface area contributed by atoms with E-state index in [9.17, 15) is 13.2 Å². The maximum Gasteiger partial charge on any atom is 0.352 e. The lowest BCUT2D eigenvalue weighted by atomic mass is 10.4. The molecule has 3 N–H and O–H groups in total. The van der Waals surface area contributed by atoms with Crippen LogP contribution in [0.15, 0.2) is 17.2 Å². The van der Waals surface area contributed by atoms with E-state index in [0.717, 1.165) is 25.6 Å². The Morgan fingerprint density at radius 2 is 2.10 bits per heavy atom. The summed E-state index contributed by atoms with van der Waals surface area (Å²) in [6, 6.07) is 1.11. The molecule has 1 rings (SSSR count). The average Bonchev–Trinajstić information content (AvgIpc) is 2.88. The number of nitrogens with one attached hydrogen (secondary N) is 2. The Hall–Kier alpha value is -1.38. The van der Waals surface area contributed by atoms with Crippen molar-refractivity contribution in [2.75, 3.05) is 26.2 Å². The molecule has 0 bridgehead atoms. The van der Waals surface area contributed by atoms with E-state index in [1.165, 1.54) is 6.20 Å². The molecule has 0 aliphatic rings. The van der Waals surface area contributed by atoms with Crippen molar-refractivity contribution in [3.63, 3.8) is 0 Å². The van der Waals surface area contributed by atoms with Crippen LogP contribution in [-0.4, -0.2) is 55.6 Å². The summed E-state index contributed by atoms with van der Waals surface area (Å²) in [5.41, 5.74) is -0.147. The highest BCUT2D eigenvalue weighted by atomic mass is 32.2. The molecule has 0 radical (unpaired) electrons. The van der Waals surface area contributed by atoms with Crippen LogP contribution in [0.3, 0.4) is 0 Å². The van der Waals surface area contributed by atoms with Gasteiger partial charge < -0.3 is 15.0 Å². The van der Waals surface area contributed by atoms with Gasteiger partial charge in [0.1, 0.15) is 10.6 Å². The molecule has 1 heterocycles. The van der Waals surface area contributed by atoms with E-state index in [1.807, 2.05) is 6.92 Å². The molecule has 0 atom stereocenters. The zero-order valence-electron chi connectivity index (χ0n) is 11.7. The SMILES string of the molecule is CCCN(CC)CCNS(=O)(=O)c1c[nH]c(C(=O)O)c1. The van der Waals surface area contributed by atoms with Gasteiger partial charge in [-0.1, -0.05) is 13.8 Å². The molecule has 0 aromatic carbocycles. The maximum absolute atomic E-state index is 12.0. The summed E-state index contributed by atoms with van der Waals surface area (Å²) < 4.78 is 26.4. The quantitative estimate of drug-likeness (QED) is 0.624. The molecular weight excluding hydrogens is 282 g/mol. The van der Waals surface area contributed by atoms with Crippen molar-refractivity contribution < 1.29 is 18.3 Å². The van der Waals surface area contributed by atoms with Crippen LogP contribution < -0.4 is 4.72 Å². The van der Waals surface area contributed by atoms with Gasteiger partial charge in [-0.15, -0.1) is 0 Å². The third-order valence-corrected chi connectivity index (χ3v) is 4.34. The van der Waals surface area contributed by atoms with Crippen LogP contribution in [0.5, 0.6) is 0 Å². The van der Waals surface area contributed by atoms with Crippen molar-refractivity contribution in [3.05, 3.63) is 18.0 Å². The number of carboxylic acid groups (broad SMARTS) is 1. The molecule has 8 heteroatoms.